The molecule has 5 nitrogen and oxygen atoms in total. The first-order chi connectivity index (χ1) is 9.46. The number of methoxy groups -OCH3 is 1. The molecule has 2 aromatic rings. The average molecular weight is 378 g/mol. The molecule has 1 aromatic heterocycles. The molecule has 0 aliphatic heterocycles. The Morgan fingerprint density at radius 2 is 2.15 bits per heavy atom. The molecule has 20 heavy (non-hydrogen) atoms. The van der Waals surface area contributed by atoms with Crippen LogP contribution in [0, 0.1) is 0 Å². The predicted molar refractivity (Wildman–Crippen MR) is 81.7 cm³/mol. The van der Waals surface area contributed by atoms with Crippen LogP contribution in [-0.2, 0) is 16.6 Å². The van der Waals surface area contributed by atoms with Gasteiger partial charge in [-0.1, -0.05) is 6.07 Å². The molecule has 0 radical (unpaired) electrons. The van der Waals surface area contributed by atoms with Gasteiger partial charge in [0.05, 0.1) is 23.2 Å². The number of rotatable bonds is 5. The Morgan fingerprint density at radius 3 is 2.75 bits per heavy atom. The monoisotopic (exact) mass is 377 g/mol. The smallest absolute Gasteiger partial charge is 0.263 e. The quantitative estimate of drug-likeness (QED) is 0.839. The largest absolute Gasteiger partial charge is 0.497 e. The topological polar surface area (TPSA) is 75.6 Å². The van der Waals surface area contributed by atoms with Gasteiger partial charge in [-0.05, 0) is 34.1 Å². The summed E-state index contributed by atoms with van der Waals surface area (Å²) in [7, 11) is -2.20. The lowest BCUT2D eigenvalue weighted by Gasteiger charge is -2.08. The minimum Gasteiger partial charge on any atom is -0.497 e. The van der Waals surface area contributed by atoms with Crippen LogP contribution in [0.3, 0.4) is 0 Å². The second-order valence-electron chi connectivity index (χ2n) is 3.85. The Morgan fingerprint density at radius 1 is 1.40 bits per heavy atom. The highest BCUT2D eigenvalue weighted by Crippen LogP contribution is 2.33. The van der Waals surface area contributed by atoms with Crippen LogP contribution < -0.4 is 9.46 Å². The minimum atomic E-state index is -3.71. The molecular formula is C12H12BrNO4S2. The average Bonchev–Trinajstić information content (AvgIpc) is 2.80. The summed E-state index contributed by atoms with van der Waals surface area (Å²) in [6.45, 7) is -0.196. The predicted octanol–water partition coefficient (Wildman–Crippen LogP) is 2.81. The van der Waals surface area contributed by atoms with Crippen LogP contribution in [0.4, 0.5) is 5.69 Å². The number of thiophene rings is 1. The summed E-state index contributed by atoms with van der Waals surface area (Å²) >= 11 is 4.38. The number of sulfonamides is 1. The van der Waals surface area contributed by atoms with Crippen molar-refractivity contribution in [3.8, 4) is 5.75 Å². The van der Waals surface area contributed by atoms with Gasteiger partial charge in [-0.25, -0.2) is 8.42 Å². The normalized spacial score (nSPS) is 11.3. The van der Waals surface area contributed by atoms with Crippen molar-refractivity contribution in [1.29, 1.82) is 0 Å². The van der Waals surface area contributed by atoms with Crippen molar-refractivity contribution < 1.29 is 18.3 Å². The highest BCUT2D eigenvalue weighted by molar-refractivity contribution is 9.11. The second-order valence-corrected chi connectivity index (χ2v) is 7.95. The summed E-state index contributed by atoms with van der Waals surface area (Å²) < 4.78 is 32.6. The highest BCUT2D eigenvalue weighted by Gasteiger charge is 2.21. The van der Waals surface area contributed by atoms with Gasteiger partial charge in [0.25, 0.3) is 10.0 Å². The van der Waals surface area contributed by atoms with Crippen LogP contribution >= 0.6 is 27.3 Å². The van der Waals surface area contributed by atoms with E-state index in [0.29, 0.717) is 20.1 Å². The van der Waals surface area contributed by atoms with Crippen LogP contribution in [-0.4, -0.2) is 20.6 Å². The fourth-order valence-corrected chi connectivity index (χ4v) is 5.15. The highest BCUT2D eigenvalue weighted by atomic mass is 79.9. The molecule has 1 aromatic carbocycles. The van der Waals surface area contributed by atoms with Gasteiger partial charge in [-0.15, -0.1) is 11.3 Å². The number of benzene rings is 1. The van der Waals surface area contributed by atoms with Gasteiger partial charge < -0.3 is 9.84 Å². The molecule has 0 aliphatic rings. The minimum absolute atomic E-state index is 0.106. The van der Waals surface area contributed by atoms with E-state index in [4.69, 9.17) is 9.84 Å². The summed E-state index contributed by atoms with van der Waals surface area (Å²) in [6, 6.07) is 8.08. The molecule has 0 saturated carbocycles. The lowest BCUT2D eigenvalue weighted by atomic mass is 10.3. The molecule has 108 valence electrons. The van der Waals surface area contributed by atoms with Gasteiger partial charge in [0.1, 0.15) is 10.6 Å². The van der Waals surface area contributed by atoms with Crippen LogP contribution in [0.1, 0.15) is 4.88 Å². The molecule has 0 saturated heterocycles. The molecule has 1 heterocycles. The maximum atomic E-state index is 12.3. The van der Waals surface area contributed by atoms with Gasteiger partial charge >= 0.3 is 0 Å². The van der Waals surface area contributed by atoms with Crippen LogP contribution in [0.15, 0.2) is 39.0 Å². The van der Waals surface area contributed by atoms with E-state index in [0.717, 1.165) is 0 Å². The fourth-order valence-electron chi connectivity index (χ4n) is 1.56. The number of aliphatic hydroxyl groups is 1. The van der Waals surface area contributed by atoms with Gasteiger partial charge in [0.15, 0.2) is 0 Å². The third kappa shape index (κ3) is 3.32. The van der Waals surface area contributed by atoms with Crippen molar-refractivity contribution in [3.63, 3.8) is 0 Å². The summed E-state index contributed by atoms with van der Waals surface area (Å²) in [5, 5.41) is 9.06. The van der Waals surface area contributed by atoms with E-state index in [1.165, 1.54) is 24.5 Å². The zero-order valence-electron chi connectivity index (χ0n) is 10.5. The van der Waals surface area contributed by atoms with Gasteiger partial charge in [0.2, 0.25) is 0 Å². The van der Waals surface area contributed by atoms with Gasteiger partial charge in [-0.2, -0.15) is 0 Å². The van der Waals surface area contributed by atoms with Crippen LogP contribution in [0.25, 0.3) is 0 Å². The lowest BCUT2D eigenvalue weighted by molar-refractivity contribution is 0.285. The molecule has 2 N–H and O–H groups in total. The van der Waals surface area contributed by atoms with Gasteiger partial charge in [-0.3, -0.25) is 4.72 Å². The standard InChI is InChI=1S/C12H12BrNO4S2/c1-18-9-4-2-3-8(5-9)14-20(16,17)11-6-10(7-15)19-12(11)13/h2-6,14-15H,7H2,1H3. The summed E-state index contributed by atoms with van der Waals surface area (Å²) in [6.07, 6.45) is 0. The number of nitrogens with one attached hydrogen (secondary N) is 1. The molecule has 0 atom stereocenters. The second kappa shape index (κ2) is 6.13. The Balaban J connectivity index is 2.32. The van der Waals surface area contributed by atoms with Crippen molar-refractivity contribution in [2.45, 2.75) is 11.5 Å². The fraction of sp³-hybridized carbons (Fsp3) is 0.167. The Kier molecular flexibility index (Phi) is 4.69. The van der Waals surface area contributed by atoms with Crippen LogP contribution in [0.5, 0.6) is 5.75 Å². The van der Waals surface area contributed by atoms with Gasteiger partial charge in [0, 0.05) is 10.9 Å². The van der Waals surface area contributed by atoms with Crippen molar-refractivity contribution in [3.05, 3.63) is 39.0 Å². The van der Waals surface area contributed by atoms with E-state index in [1.807, 2.05) is 0 Å². The molecule has 0 aliphatic carbocycles. The van der Waals surface area contributed by atoms with E-state index in [-0.39, 0.29) is 11.5 Å². The van der Waals surface area contributed by atoms with E-state index in [2.05, 4.69) is 20.7 Å². The van der Waals surface area contributed by atoms with E-state index in [1.54, 1.807) is 24.3 Å². The number of anilines is 1. The Hall–Kier alpha value is -1.09. The number of ether oxygens (including phenoxy) is 1. The van der Waals surface area contributed by atoms with Crippen molar-refractivity contribution in [2.75, 3.05) is 11.8 Å². The van der Waals surface area contributed by atoms with E-state index in [9.17, 15) is 8.42 Å². The third-order valence-electron chi connectivity index (χ3n) is 2.47. The summed E-state index contributed by atoms with van der Waals surface area (Å²) in [4.78, 5) is 0.678. The summed E-state index contributed by atoms with van der Waals surface area (Å²) in [5.74, 6) is 0.561. The molecular weight excluding hydrogens is 366 g/mol. The maximum absolute atomic E-state index is 12.3. The molecule has 0 fully saturated rings. The molecule has 0 bridgehead atoms. The first-order valence-corrected chi connectivity index (χ1v) is 8.61. The van der Waals surface area contributed by atoms with Crippen LogP contribution in [0.2, 0.25) is 0 Å². The van der Waals surface area contributed by atoms with E-state index < -0.39 is 10.0 Å². The van der Waals surface area contributed by atoms with Crippen molar-refractivity contribution in [1.82, 2.24) is 0 Å². The number of hydrogen-bond acceptors (Lipinski definition) is 5. The molecule has 0 unspecified atom stereocenters. The number of halogens is 1. The SMILES string of the molecule is COc1cccc(NS(=O)(=O)c2cc(CO)sc2Br)c1. The Bertz CT molecular complexity index is 712. The Labute approximate surface area is 129 Å². The first kappa shape index (κ1) is 15.3. The summed E-state index contributed by atoms with van der Waals surface area (Å²) in [5.41, 5.74) is 0.410. The third-order valence-corrected chi connectivity index (χ3v) is 6.09. The van der Waals surface area contributed by atoms with Crippen molar-refractivity contribution in [2.24, 2.45) is 0 Å². The zero-order valence-corrected chi connectivity index (χ0v) is 13.7. The lowest BCUT2D eigenvalue weighted by Crippen LogP contribution is -2.12. The molecule has 0 amide bonds. The first-order valence-electron chi connectivity index (χ1n) is 5.52. The number of aliphatic hydroxyl groups excluding tert-OH is 1. The molecule has 0 spiro atoms. The molecule has 2 rings (SSSR count). The zero-order chi connectivity index (χ0) is 14.8. The van der Waals surface area contributed by atoms with Crippen molar-refractivity contribution >= 4 is 43.0 Å². The van der Waals surface area contributed by atoms with E-state index >= 15 is 0 Å². The maximum Gasteiger partial charge on any atom is 0.263 e. The molecule has 8 heteroatoms. The number of hydrogen-bond donors (Lipinski definition) is 2.